The maximum atomic E-state index is 13.4. The summed E-state index contributed by atoms with van der Waals surface area (Å²) < 4.78 is 29.9. The standard InChI is InChI=1S/C25H25FN4O3/c1-16-10-19(6-7-23(16)33-14-17-4-3-5-18(26)11-17)30-25-20-12-21(27)24(32-9-8-31-2)13-22(20)28-15-29-25/h3-7,10-13,15H,8-9,14,27H2,1-2H3,(H,28,29,30). The van der Waals surface area contributed by atoms with E-state index in [4.69, 9.17) is 19.9 Å². The summed E-state index contributed by atoms with van der Waals surface area (Å²) in [6.45, 7) is 3.10. The van der Waals surface area contributed by atoms with Gasteiger partial charge in [-0.1, -0.05) is 12.1 Å². The SMILES string of the molecule is COCCOc1cc2ncnc(Nc3ccc(OCc4cccc(F)c4)c(C)c3)c2cc1N. The second kappa shape index (κ2) is 10.1. The number of fused-ring (bicyclic) bond motifs is 1. The minimum Gasteiger partial charge on any atom is -0.489 e. The monoisotopic (exact) mass is 448 g/mol. The average molecular weight is 448 g/mol. The van der Waals surface area contributed by atoms with Gasteiger partial charge in [0.05, 0.1) is 17.8 Å². The quantitative estimate of drug-likeness (QED) is 0.275. The number of rotatable bonds is 9. The van der Waals surface area contributed by atoms with Gasteiger partial charge in [0.1, 0.15) is 42.7 Å². The van der Waals surface area contributed by atoms with Crippen molar-refractivity contribution in [2.75, 3.05) is 31.4 Å². The van der Waals surface area contributed by atoms with Crippen LogP contribution in [0.4, 0.5) is 21.6 Å². The Balaban J connectivity index is 1.50. The second-order valence-corrected chi connectivity index (χ2v) is 7.49. The van der Waals surface area contributed by atoms with Crippen LogP contribution in [-0.2, 0) is 11.3 Å². The van der Waals surface area contributed by atoms with Crippen molar-refractivity contribution in [3.8, 4) is 11.5 Å². The van der Waals surface area contributed by atoms with Gasteiger partial charge in [0, 0.05) is 24.2 Å². The van der Waals surface area contributed by atoms with Crippen LogP contribution in [0, 0.1) is 12.7 Å². The first kappa shape index (κ1) is 22.3. The summed E-state index contributed by atoms with van der Waals surface area (Å²) in [4.78, 5) is 8.72. The minimum atomic E-state index is -0.279. The smallest absolute Gasteiger partial charge is 0.144 e. The molecule has 4 rings (SSSR count). The van der Waals surface area contributed by atoms with Gasteiger partial charge in [0.25, 0.3) is 0 Å². The molecule has 3 N–H and O–H groups in total. The highest BCUT2D eigenvalue weighted by Gasteiger charge is 2.11. The molecule has 0 saturated heterocycles. The van der Waals surface area contributed by atoms with Gasteiger partial charge in [-0.25, -0.2) is 14.4 Å². The van der Waals surface area contributed by atoms with Crippen LogP contribution < -0.4 is 20.5 Å². The second-order valence-electron chi connectivity index (χ2n) is 7.49. The Bertz CT molecular complexity index is 1270. The third-order valence-corrected chi connectivity index (χ3v) is 5.03. The highest BCUT2D eigenvalue weighted by atomic mass is 19.1. The lowest BCUT2D eigenvalue weighted by Crippen LogP contribution is -2.06. The van der Waals surface area contributed by atoms with Crippen molar-refractivity contribution in [1.29, 1.82) is 0 Å². The topological polar surface area (TPSA) is 91.5 Å². The Morgan fingerprint density at radius 3 is 2.64 bits per heavy atom. The Morgan fingerprint density at radius 1 is 0.970 bits per heavy atom. The molecule has 0 unspecified atom stereocenters. The number of halogens is 1. The molecular weight excluding hydrogens is 423 g/mol. The Hall–Kier alpha value is -3.91. The summed E-state index contributed by atoms with van der Waals surface area (Å²) in [5.74, 6) is 1.63. The number of ether oxygens (including phenoxy) is 3. The van der Waals surface area contributed by atoms with Gasteiger partial charge in [-0.05, 0) is 54.4 Å². The molecule has 1 aromatic heterocycles. The van der Waals surface area contributed by atoms with Crippen molar-refractivity contribution in [3.63, 3.8) is 0 Å². The summed E-state index contributed by atoms with van der Waals surface area (Å²) in [7, 11) is 1.61. The van der Waals surface area contributed by atoms with Crippen molar-refractivity contribution in [2.24, 2.45) is 0 Å². The van der Waals surface area contributed by atoms with Gasteiger partial charge in [-0.15, -0.1) is 0 Å². The molecule has 3 aromatic carbocycles. The van der Waals surface area contributed by atoms with Gasteiger partial charge >= 0.3 is 0 Å². The van der Waals surface area contributed by atoms with Gasteiger partial charge < -0.3 is 25.3 Å². The highest BCUT2D eigenvalue weighted by Crippen LogP contribution is 2.32. The van der Waals surface area contributed by atoms with Crippen LogP contribution in [0.2, 0.25) is 0 Å². The van der Waals surface area contributed by atoms with Gasteiger partial charge in [0.2, 0.25) is 0 Å². The predicted molar refractivity (Wildman–Crippen MR) is 127 cm³/mol. The zero-order valence-electron chi connectivity index (χ0n) is 18.5. The number of aromatic nitrogens is 2. The number of nitrogens with two attached hydrogens (primary N) is 1. The number of nitrogens with one attached hydrogen (secondary N) is 1. The molecule has 0 amide bonds. The summed E-state index contributed by atoms with van der Waals surface area (Å²) in [6, 6.07) is 15.7. The molecule has 170 valence electrons. The van der Waals surface area contributed by atoms with E-state index < -0.39 is 0 Å². The molecule has 0 fully saturated rings. The van der Waals surface area contributed by atoms with Gasteiger partial charge in [-0.3, -0.25) is 0 Å². The minimum absolute atomic E-state index is 0.279. The first-order valence-corrected chi connectivity index (χ1v) is 10.4. The van der Waals surface area contributed by atoms with Crippen molar-refractivity contribution in [1.82, 2.24) is 9.97 Å². The molecule has 1 heterocycles. The molecule has 7 nitrogen and oxygen atoms in total. The van der Waals surface area contributed by atoms with Crippen LogP contribution >= 0.6 is 0 Å². The molecule has 8 heteroatoms. The maximum absolute atomic E-state index is 13.4. The Morgan fingerprint density at radius 2 is 1.85 bits per heavy atom. The van der Waals surface area contributed by atoms with E-state index in [0.717, 1.165) is 28.0 Å². The number of aryl methyl sites for hydroxylation is 1. The number of methoxy groups -OCH3 is 1. The summed E-state index contributed by atoms with van der Waals surface area (Å²) >= 11 is 0. The molecule has 0 aliphatic rings. The van der Waals surface area contributed by atoms with E-state index in [1.165, 1.54) is 18.5 Å². The van der Waals surface area contributed by atoms with E-state index in [1.54, 1.807) is 25.3 Å². The first-order valence-electron chi connectivity index (χ1n) is 10.4. The molecule has 0 atom stereocenters. The van der Waals surface area contributed by atoms with Crippen molar-refractivity contribution >= 4 is 28.1 Å². The maximum Gasteiger partial charge on any atom is 0.144 e. The zero-order valence-corrected chi connectivity index (χ0v) is 18.5. The number of nitrogen functional groups attached to an aromatic ring is 1. The van der Waals surface area contributed by atoms with E-state index in [2.05, 4.69) is 15.3 Å². The largest absolute Gasteiger partial charge is 0.489 e. The van der Waals surface area contributed by atoms with Crippen LogP contribution in [0.15, 0.2) is 60.9 Å². The number of hydrogen-bond acceptors (Lipinski definition) is 7. The van der Waals surface area contributed by atoms with Gasteiger partial charge in [-0.2, -0.15) is 0 Å². The molecule has 4 aromatic rings. The van der Waals surface area contributed by atoms with Crippen LogP contribution in [0.1, 0.15) is 11.1 Å². The molecule has 33 heavy (non-hydrogen) atoms. The summed E-state index contributed by atoms with van der Waals surface area (Å²) in [6.07, 6.45) is 1.49. The summed E-state index contributed by atoms with van der Waals surface area (Å²) in [5, 5.41) is 4.10. The first-order chi connectivity index (χ1) is 16.0. The van der Waals surface area contributed by atoms with Crippen molar-refractivity contribution < 1.29 is 18.6 Å². The normalized spacial score (nSPS) is 10.9. The van der Waals surface area contributed by atoms with Crippen molar-refractivity contribution in [2.45, 2.75) is 13.5 Å². The van der Waals surface area contributed by atoms with E-state index in [9.17, 15) is 4.39 Å². The zero-order chi connectivity index (χ0) is 23.2. The van der Waals surface area contributed by atoms with E-state index in [-0.39, 0.29) is 12.4 Å². The number of hydrogen-bond donors (Lipinski definition) is 2. The molecule has 0 aliphatic heterocycles. The predicted octanol–water partition coefficient (Wildman–Crippen LogP) is 5.01. The number of benzene rings is 3. The van der Waals surface area contributed by atoms with Crippen LogP contribution in [-0.4, -0.2) is 30.3 Å². The van der Waals surface area contributed by atoms with Crippen LogP contribution in [0.3, 0.4) is 0 Å². The fourth-order valence-corrected chi connectivity index (χ4v) is 3.37. The van der Waals surface area contributed by atoms with E-state index >= 15 is 0 Å². The molecule has 0 saturated carbocycles. The van der Waals surface area contributed by atoms with E-state index in [1.807, 2.05) is 31.2 Å². The van der Waals surface area contributed by atoms with E-state index in [0.29, 0.717) is 36.0 Å². The Labute approximate surface area is 191 Å². The van der Waals surface area contributed by atoms with Crippen LogP contribution in [0.5, 0.6) is 11.5 Å². The lowest BCUT2D eigenvalue weighted by molar-refractivity contribution is 0.147. The Kier molecular flexibility index (Phi) is 6.85. The molecule has 0 bridgehead atoms. The molecular formula is C25H25FN4O3. The summed E-state index contributed by atoms with van der Waals surface area (Å²) in [5.41, 5.74) is 9.92. The van der Waals surface area contributed by atoms with Crippen molar-refractivity contribution in [3.05, 3.63) is 77.9 Å². The fourth-order valence-electron chi connectivity index (χ4n) is 3.37. The highest BCUT2D eigenvalue weighted by molar-refractivity contribution is 5.94. The average Bonchev–Trinajstić information content (AvgIpc) is 2.80. The third-order valence-electron chi connectivity index (χ3n) is 5.03. The number of nitrogens with zero attached hydrogens (tertiary/aromatic N) is 2. The number of anilines is 3. The molecule has 0 spiro atoms. The van der Waals surface area contributed by atoms with Gasteiger partial charge in [0.15, 0.2) is 0 Å². The fraction of sp³-hybridized carbons (Fsp3) is 0.200. The lowest BCUT2D eigenvalue weighted by Gasteiger charge is -2.14. The lowest BCUT2D eigenvalue weighted by atomic mass is 10.1. The molecule has 0 radical (unpaired) electrons. The molecule has 0 aliphatic carbocycles. The third kappa shape index (κ3) is 5.48. The van der Waals surface area contributed by atoms with Crippen LogP contribution in [0.25, 0.3) is 10.9 Å².